The van der Waals surface area contributed by atoms with Gasteiger partial charge in [-0.05, 0) is 20.3 Å². The fourth-order valence-corrected chi connectivity index (χ4v) is 1.21. The van der Waals surface area contributed by atoms with Crippen LogP contribution in [0.5, 0.6) is 0 Å². The molecule has 2 heteroatoms. The van der Waals surface area contributed by atoms with Crippen molar-refractivity contribution in [3.05, 3.63) is 0 Å². The van der Waals surface area contributed by atoms with Crippen molar-refractivity contribution in [3.8, 4) is 0 Å². The summed E-state index contributed by atoms with van der Waals surface area (Å²) in [6, 6.07) is 0. The van der Waals surface area contributed by atoms with Crippen molar-refractivity contribution in [3.63, 3.8) is 0 Å². The van der Waals surface area contributed by atoms with Crippen LogP contribution in [0, 0.1) is 0 Å². The van der Waals surface area contributed by atoms with Gasteiger partial charge in [-0.15, -0.1) is 0 Å². The molecule has 0 spiro atoms. The fourth-order valence-electron chi connectivity index (χ4n) is 1.21. The molecule has 0 saturated carbocycles. The van der Waals surface area contributed by atoms with Crippen LogP contribution < -0.4 is 18.1 Å². The summed E-state index contributed by atoms with van der Waals surface area (Å²) in [7, 11) is 0. The highest BCUT2D eigenvalue weighted by atomic mass is 35.5. The summed E-state index contributed by atoms with van der Waals surface area (Å²) in [5.74, 6) is 0. The van der Waals surface area contributed by atoms with Crippen molar-refractivity contribution < 1.29 is 18.1 Å². The standard InChI is InChI=1S/C10H23N.ClH/c1-4-5-6-7-8-9-10(2,3)11;/h4-9,11H2,1-3H3;1H. The molecule has 0 unspecified atom stereocenters. The Bertz CT molecular complexity index is 86.3. The summed E-state index contributed by atoms with van der Waals surface area (Å²) < 4.78 is 0. The summed E-state index contributed by atoms with van der Waals surface area (Å²) >= 11 is 0. The predicted octanol–water partition coefficient (Wildman–Crippen LogP) is -0.629. The molecule has 0 atom stereocenters. The van der Waals surface area contributed by atoms with Crippen molar-refractivity contribution in [1.82, 2.24) is 0 Å². The van der Waals surface area contributed by atoms with E-state index in [-0.39, 0.29) is 12.4 Å². The minimum atomic E-state index is 0. The average Bonchev–Trinajstić information content (AvgIpc) is 1.85. The van der Waals surface area contributed by atoms with E-state index in [2.05, 4.69) is 26.5 Å². The molecule has 0 aromatic rings. The Labute approximate surface area is 83.5 Å². The van der Waals surface area contributed by atoms with Gasteiger partial charge in [-0.25, -0.2) is 0 Å². The number of rotatable bonds is 6. The average molecular weight is 194 g/mol. The summed E-state index contributed by atoms with van der Waals surface area (Å²) in [5.41, 5.74) is 4.39. The molecular formula is C10H24ClN. The molecule has 0 bridgehead atoms. The van der Waals surface area contributed by atoms with Crippen LogP contribution in [0.4, 0.5) is 0 Å². The molecule has 76 valence electrons. The van der Waals surface area contributed by atoms with Crippen molar-refractivity contribution in [2.45, 2.75) is 64.8 Å². The first-order chi connectivity index (χ1) is 5.06. The van der Waals surface area contributed by atoms with Gasteiger partial charge in [-0.2, -0.15) is 0 Å². The second-order valence-corrected chi connectivity index (χ2v) is 4.33. The molecule has 0 aliphatic rings. The first-order valence-corrected chi connectivity index (χ1v) is 4.91. The van der Waals surface area contributed by atoms with Crippen molar-refractivity contribution in [2.24, 2.45) is 0 Å². The van der Waals surface area contributed by atoms with Crippen LogP contribution in [-0.2, 0) is 0 Å². The highest BCUT2D eigenvalue weighted by Gasteiger charge is 2.12. The fraction of sp³-hybridized carbons (Fsp3) is 1.00. The molecule has 0 aliphatic heterocycles. The topological polar surface area (TPSA) is 27.6 Å². The van der Waals surface area contributed by atoms with Crippen molar-refractivity contribution >= 4 is 0 Å². The lowest BCUT2D eigenvalue weighted by Gasteiger charge is -2.13. The molecule has 0 aromatic carbocycles. The predicted molar refractivity (Wildman–Crippen MR) is 50.3 cm³/mol. The quantitative estimate of drug-likeness (QED) is 0.545. The Morgan fingerprint density at radius 2 is 1.50 bits per heavy atom. The molecule has 12 heavy (non-hydrogen) atoms. The molecular weight excluding hydrogens is 170 g/mol. The lowest BCUT2D eigenvalue weighted by molar-refractivity contribution is -0.467. The Morgan fingerprint density at radius 3 is 1.92 bits per heavy atom. The molecule has 0 fully saturated rings. The van der Waals surface area contributed by atoms with Gasteiger partial charge in [0.2, 0.25) is 0 Å². The van der Waals surface area contributed by atoms with E-state index in [4.69, 9.17) is 0 Å². The summed E-state index contributed by atoms with van der Waals surface area (Å²) in [5, 5.41) is 0. The highest BCUT2D eigenvalue weighted by molar-refractivity contribution is 4.62. The maximum absolute atomic E-state index is 4.09. The molecule has 0 aliphatic carbocycles. The van der Waals surface area contributed by atoms with E-state index in [1.54, 1.807) is 0 Å². The summed E-state index contributed by atoms with van der Waals surface area (Å²) in [4.78, 5) is 0. The zero-order chi connectivity index (χ0) is 8.74. The normalized spacial score (nSPS) is 11.0. The molecule has 0 saturated heterocycles. The number of hydrogen-bond acceptors (Lipinski definition) is 0. The second kappa shape index (κ2) is 7.88. The van der Waals surface area contributed by atoms with Crippen LogP contribution in [0.2, 0.25) is 0 Å². The minimum absolute atomic E-state index is 0. The molecule has 0 amide bonds. The maximum atomic E-state index is 4.09. The molecule has 0 radical (unpaired) electrons. The van der Waals surface area contributed by atoms with Gasteiger partial charge >= 0.3 is 0 Å². The molecule has 1 nitrogen and oxygen atoms in total. The van der Waals surface area contributed by atoms with Crippen LogP contribution in [0.3, 0.4) is 0 Å². The first-order valence-electron chi connectivity index (χ1n) is 4.91. The maximum Gasteiger partial charge on any atom is 0.0889 e. The number of quaternary nitrogens is 1. The molecule has 0 heterocycles. The first kappa shape index (κ1) is 14.8. The van der Waals surface area contributed by atoms with E-state index in [9.17, 15) is 0 Å². The summed E-state index contributed by atoms with van der Waals surface area (Å²) in [6.07, 6.45) is 8.18. The lowest BCUT2D eigenvalue weighted by atomic mass is 9.98. The number of unbranched alkanes of at least 4 members (excludes halogenated alkanes) is 4. The zero-order valence-electron chi connectivity index (χ0n) is 8.83. The third kappa shape index (κ3) is 12.9. The number of hydrogen-bond donors (Lipinski definition) is 1. The van der Waals surface area contributed by atoms with Crippen LogP contribution in [-0.4, -0.2) is 5.54 Å². The van der Waals surface area contributed by atoms with Gasteiger partial charge in [-0.1, -0.05) is 32.6 Å². The Hall–Kier alpha value is 0.250. The van der Waals surface area contributed by atoms with E-state index in [1.807, 2.05) is 0 Å². The van der Waals surface area contributed by atoms with Gasteiger partial charge in [-0.3, -0.25) is 0 Å². The van der Waals surface area contributed by atoms with E-state index in [0.29, 0.717) is 5.54 Å². The highest BCUT2D eigenvalue weighted by Crippen LogP contribution is 2.10. The van der Waals surface area contributed by atoms with Crippen LogP contribution in [0.15, 0.2) is 0 Å². The lowest BCUT2D eigenvalue weighted by Crippen LogP contribution is -3.00. The SMILES string of the molecule is CCCCCCCC(C)(C)[NH3+].[Cl-]. The van der Waals surface area contributed by atoms with E-state index >= 15 is 0 Å². The van der Waals surface area contributed by atoms with Crippen LogP contribution in [0.1, 0.15) is 59.3 Å². The van der Waals surface area contributed by atoms with Gasteiger partial charge in [0.25, 0.3) is 0 Å². The van der Waals surface area contributed by atoms with Gasteiger partial charge in [0.05, 0.1) is 5.54 Å². The Kier molecular flexibility index (Phi) is 9.69. The molecule has 0 rings (SSSR count). The van der Waals surface area contributed by atoms with Gasteiger partial charge in [0, 0.05) is 6.42 Å². The Morgan fingerprint density at radius 1 is 1.00 bits per heavy atom. The largest absolute Gasteiger partial charge is 1.00 e. The van der Waals surface area contributed by atoms with Gasteiger partial charge in [0.15, 0.2) is 0 Å². The zero-order valence-corrected chi connectivity index (χ0v) is 9.58. The van der Waals surface area contributed by atoms with Gasteiger partial charge < -0.3 is 18.1 Å². The van der Waals surface area contributed by atoms with Crippen molar-refractivity contribution in [2.75, 3.05) is 0 Å². The monoisotopic (exact) mass is 193 g/mol. The Balaban J connectivity index is 0. The second-order valence-electron chi connectivity index (χ2n) is 4.33. The van der Waals surface area contributed by atoms with E-state index in [0.717, 1.165) is 0 Å². The van der Waals surface area contributed by atoms with Crippen LogP contribution in [0.25, 0.3) is 0 Å². The molecule has 0 aromatic heterocycles. The van der Waals surface area contributed by atoms with Crippen molar-refractivity contribution in [1.29, 1.82) is 0 Å². The number of halogens is 1. The summed E-state index contributed by atoms with van der Waals surface area (Å²) in [6.45, 7) is 6.69. The van der Waals surface area contributed by atoms with Crippen LogP contribution >= 0.6 is 0 Å². The van der Waals surface area contributed by atoms with E-state index in [1.165, 1.54) is 38.5 Å². The van der Waals surface area contributed by atoms with Gasteiger partial charge in [0.1, 0.15) is 0 Å². The molecule has 3 N–H and O–H groups in total. The smallest absolute Gasteiger partial charge is 0.0889 e. The third-order valence-electron chi connectivity index (χ3n) is 1.96. The minimum Gasteiger partial charge on any atom is -1.00 e. The van der Waals surface area contributed by atoms with E-state index < -0.39 is 0 Å². The third-order valence-corrected chi connectivity index (χ3v) is 1.96.